The first-order valence-corrected chi connectivity index (χ1v) is 2.78. The zero-order valence-electron chi connectivity index (χ0n) is 4.69. The molecule has 0 aliphatic heterocycles. The Hall–Kier alpha value is -0.220. The van der Waals surface area contributed by atoms with E-state index in [9.17, 15) is 0 Å². The first-order chi connectivity index (χ1) is 3.27. The fourth-order valence-electron chi connectivity index (χ4n) is 0.246. The van der Waals surface area contributed by atoms with E-state index in [0.717, 1.165) is 6.42 Å². The second-order valence-corrected chi connectivity index (χ2v) is 2.08. The van der Waals surface area contributed by atoms with E-state index in [1.54, 1.807) is 0 Å². The first kappa shape index (κ1) is 6.78. The number of hydrogen-bond acceptors (Lipinski definition) is 0. The lowest BCUT2D eigenvalue weighted by Gasteiger charge is -1.90. The predicted molar refractivity (Wildman–Crippen MR) is 34.8 cm³/mol. The summed E-state index contributed by atoms with van der Waals surface area (Å²) in [4.78, 5) is 0. The summed E-state index contributed by atoms with van der Waals surface area (Å²) in [6.07, 6.45) is 0.934. The summed E-state index contributed by atoms with van der Waals surface area (Å²) in [5.41, 5.74) is 0. The summed E-state index contributed by atoms with van der Waals surface area (Å²) >= 11 is 4.41. The molecule has 1 heteroatoms. The van der Waals surface area contributed by atoms with E-state index in [0.29, 0.717) is 5.92 Å². The van der Waals surface area contributed by atoms with Gasteiger partial charge < -0.3 is 0 Å². The molecule has 0 rings (SSSR count). The molecule has 0 amide bonds. The summed E-state index contributed by atoms with van der Waals surface area (Å²) in [5, 5.41) is 2.43. The molecule has 0 aliphatic carbocycles. The van der Waals surface area contributed by atoms with E-state index in [2.05, 4.69) is 37.6 Å². The van der Waals surface area contributed by atoms with Gasteiger partial charge in [-0.3, -0.25) is 0 Å². The summed E-state index contributed by atoms with van der Waals surface area (Å²) in [6, 6.07) is 0. The summed E-state index contributed by atoms with van der Waals surface area (Å²) in [7, 11) is 0. The Kier molecular flexibility index (Phi) is 3.83. The Morgan fingerprint density at radius 2 is 2.14 bits per heavy atom. The van der Waals surface area contributed by atoms with E-state index >= 15 is 0 Å². The van der Waals surface area contributed by atoms with Crippen molar-refractivity contribution < 1.29 is 0 Å². The van der Waals surface area contributed by atoms with Crippen LogP contribution in [0.3, 0.4) is 0 Å². The van der Waals surface area contributed by atoms with E-state index in [-0.39, 0.29) is 0 Å². The third-order valence-corrected chi connectivity index (χ3v) is 0.727. The number of hydrogen-bond donors (Lipinski definition) is 0. The smallest absolute Gasteiger partial charge is 0.0124 e. The molecule has 0 N–H and O–H groups in total. The minimum atomic E-state index is 0.662. The van der Waals surface area contributed by atoms with E-state index < -0.39 is 0 Å². The van der Waals surface area contributed by atoms with E-state index in [1.807, 2.05) is 0 Å². The van der Waals surface area contributed by atoms with Gasteiger partial charge in [-0.2, -0.15) is 0 Å². The minimum absolute atomic E-state index is 0.662. The van der Waals surface area contributed by atoms with Crippen molar-refractivity contribution in [1.82, 2.24) is 0 Å². The molecule has 7 heavy (non-hydrogen) atoms. The summed E-state index contributed by atoms with van der Waals surface area (Å²) < 4.78 is 0. The van der Waals surface area contributed by atoms with Crippen LogP contribution < -0.4 is 0 Å². The molecule has 0 bridgehead atoms. The second kappa shape index (κ2) is 3.95. The Balaban J connectivity index is 3.08. The maximum Gasteiger partial charge on any atom is 0.0124 e. The number of rotatable bonds is 1. The molecular formula is C6H9S. The van der Waals surface area contributed by atoms with Gasteiger partial charge in [0, 0.05) is 11.7 Å². The average molecular weight is 113 g/mol. The highest BCUT2D eigenvalue weighted by Crippen LogP contribution is 1.95. The fraction of sp³-hybridized carbons (Fsp3) is 0.667. The molecule has 0 fully saturated rings. The standard InChI is InChI=1S/C6H9S/c1-6(2)4-3-5-7/h6H,4H2,1-2H3. The van der Waals surface area contributed by atoms with E-state index in [4.69, 9.17) is 0 Å². The highest BCUT2D eigenvalue weighted by Gasteiger charge is 1.84. The molecule has 0 spiro atoms. The van der Waals surface area contributed by atoms with Crippen LogP contribution in [0.4, 0.5) is 0 Å². The molecule has 0 aromatic carbocycles. The van der Waals surface area contributed by atoms with Gasteiger partial charge in [0.15, 0.2) is 0 Å². The second-order valence-electron chi connectivity index (χ2n) is 1.88. The zero-order valence-corrected chi connectivity index (χ0v) is 5.51. The van der Waals surface area contributed by atoms with Gasteiger partial charge in [-0.05, 0) is 18.5 Å². The van der Waals surface area contributed by atoms with Gasteiger partial charge in [0.25, 0.3) is 0 Å². The van der Waals surface area contributed by atoms with E-state index in [1.165, 1.54) is 0 Å². The third-order valence-electron chi connectivity index (χ3n) is 0.582. The van der Waals surface area contributed by atoms with Crippen LogP contribution in [-0.2, 0) is 0 Å². The fourth-order valence-corrected chi connectivity index (χ4v) is 0.329. The first-order valence-electron chi connectivity index (χ1n) is 2.37. The Bertz CT molecular complexity index is 84.1. The Labute approximate surface area is 50.7 Å². The van der Waals surface area contributed by atoms with Gasteiger partial charge in [-0.1, -0.05) is 19.8 Å². The molecule has 0 unspecified atom stereocenters. The molecule has 0 nitrogen and oxygen atoms in total. The van der Waals surface area contributed by atoms with Crippen LogP contribution >= 0.6 is 12.6 Å². The highest BCUT2D eigenvalue weighted by molar-refractivity contribution is 7.85. The topological polar surface area (TPSA) is 0 Å². The Morgan fingerprint density at radius 1 is 1.57 bits per heavy atom. The van der Waals surface area contributed by atoms with Crippen LogP contribution in [0.1, 0.15) is 20.3 Å². The van der Waals surface area contributed by atoms with Crippen molar-refractivity contribution in [2.45, 2.75) is 20.3 Å². The quantitative estimate of drug-likeness (QED) is 0.457. The summed E-state index contributed by atoms with van der Waals surface area (Å²) in [6.45, 7) is 4.25. The van der Waals surface area contributed by atoms with Crippen molar-refractivity contribution in [2.24, 2.45) is 5.92 Å². The van der Waals surface area contributed by atoms with Crippen LogP contribution in [0.2, 0.25) is 0 Å². The van der Waals surface area contributed by atoms with Crippen molar-refractivity contribution >= 4 is 12.6 Å². The maximum absolute atomic E-state index is 4.41. The lowest BCUT2D eigenvalue weighted by Crippen LogP contribution is -1.80. The van der Waals surface area contributed by atoms with Gasteiger partial charge in [-0.25, -0.2) is 0 Å². The van der Waals surface area contributed by atoms with Gasteiger partial charge in [0.1, 0.15) is 0 Å². The molecule has 39 valence electrons. The SMILES string of the molecule is CC(C)CC#C[S]. The lowest BCUT2D eigenvalue weighted by atomic mass is 10.1. The highest BCUT2D eigenvalue weighted by atomic mass is 32.1. The average Bonchev–Trinajstić information content (AvgIpc) is 1.61. The predicted octanol–water partition coefficient (Wildman–Crippen LogP) is 2.19. The van der Waals surface area contributed by atoms with Crippen LogP contribution in [0, 0.1) is 17.1 Å². The van der Waals surface area contributed by atoms with Crippen molar-refractivity contribution in [1.29, 1.82) is 0 Å². The molecule has 0 atom stereocenters. The molecular weight excluding hydrogens is 104 g/mol. The lowest BCUT2D eigenvalue weighted by molar-refractivity contribution is 0.676. The molecule has 0 aliphatic rings. The molecule has 0 heterocycles. The van der Waals surface area contributed by atoms with Crippen molar-refractivity contribution in [2.75, 3.05) is 0 Å². The largest absolute Gasteiger partial charge is 0.0862 e. The van der Waals surface area contributed by atoms with Crippen LogP contribution in [0.5, 0.6) is 0 Å². The maximum atomic E-state index is 4.41. The van der Waals surface area contributed by atoms with Crippen molar-refractivity contribution in [3.63, 3.8) is 0 Å². The van der Waals surface area contributed by atoms with Gasteiger partial charge >= 0.3 is 0 Å². The normalized spacial score (nSPS) is 7.86. The van der Waals surface area contributed by atoms with Crippen LogP contribution in [0.25, 0.3) is 0 Å². The van der Waals surface area contributed by atoms with Crippen LogP contribution in [-0.4, -0.2) is 0 Å². The molecule has 0 saturated carbocycles. The monoisotopic (exact) mass is 113 g/mol. The van der Waals surface area contributed by atoms with Crippen molar-refractivity contribution in [3.8, 4) is 11.2 Å². The zero-order chi connectivity index (χ0) is 5.70. The van der Waals surface area contributed by atoms with Crippen LogP contribution in [0.15, 0.2) is 0 Å². The van der Waals surface area contributed by atoms with Gasteiger partial charge in [0.05, 0.1) is 0 Å². The molecule has 1 radical (unpaired) electrons. The Morgan fingerprint density at radius 3 is 2.29 bits per heavy atom. The molecule has 0 aromatic heterocycles. The van der Waals surface area contributed by atoms with Gasteiger partial charge in [-0.15, -0.1) is 0 Å². The minimum Gasteiger partial charge on any atom is -0.0862 e. The van der Waals surface area contributed by atoms with Crippen molar-refractivity contribution in [3.05, 3.63) is 0 Å². The third kappa shape index (κ3) is 5.78. The molecule has 0 saturated heterocycles. The molecule has 0 aromatic rings. The summed E-state index contributed by atoms with van der Waals surface area (Å²) in [5.74, 6) is 3.47. The van der Waals surface area contributed by atoms with Gasteiger partial charge in [0.2, 0.25) is 0 Å².